The topological polar surface area (TPSA) is 79.5 Å². The fourth-order valence-electron chi connectivity index (χ4n) is 4.35. The van der Waals surface area contributed by atoms with Gasteiger partial charge in [-0.15, -0.1) is 11.3 Å². The second kappa shape index (κ2) is 7.18. The van der Waals surface area contributed by atoms with Gasteiger partial charge in [-0.25, -0.2) is 4.98 Å². The summed E-state index contributed by atoms with van der Waals surface area (Å²) in [5, 5.41) is 2.50. The number of amides is 2. The minimum absolute atomic E-state index is 0.216. The van der Waals surface area contributed by atoms with E-state index in [1.54, 1.807) is 0 Å². The Kier molecular flexibility index (Phi) is 4.90. The summed E-state index contributed by atoms with van der Waals surface area (Å²) in [5.74, 6) is 1.30. The number of piperidine rings is 2. The monoisotopic (exact) mass is 376 g/mol. The van der Waals surface area contributed by atoms with E-state index in [-0.39, 0.29) is 11.3 Å². The Hall–Kier alpha value is -1.63. The molecule has 3 heterocycles. The van der Waals surface area contributed by atoms with Crippen LogP contribution < -0.4 is 5.73 Å². The molecule has 0 radical (unpaired) electrons. The molecule has 1 saturated carbocycles. The minimum Gasteiger partial charge on any atom is -0.375 e. The van der Waals surface area contributed by atoms with Gasteiger partial charge in [-0.05, 0) is 49.9 Å². The van der Waals surface area contributed by atoms with Crippen LogP contribution in [0, 0.1) is 11.3 Å². The summed E-state index contributed by atoms with van der Waals surface area (Å²) in [5.41, 5.74) is 6.80. The zero-order valence-electron chi connectivity index (χ0n) is 15.3. The van der Waals surface area contributed by atoms with Crippen molar-refractivity contribution in [2.75, 3.05) is 31.9 Å². The van der Waals surface area contributed by atoms with Gasteiger partial charge in [0.15, 0.2) is 5.13 Å². The molecule has 7 heteroatoms. The van der Waals surface area contributed by atoms with Crippen molar-refractivity contribution >= 4 is 28.3 Å². The standard InChI is InChI=1S/C19H28N4O2S/c20-18-21-15(12-26-18)3-4-16(24)22-9-7-19(8-10-22)6-5-17(25)23(13-19)11-14-1-2-14/h12,14H,1-11,13H2,(H2,20,21). The summed E-state index contributed by atoms with van der Waals surface area (Å²) in [4.78, 5) is 33.1. The molecule has 142 valence electrons. The lowest BCUT2D eigenvalue weighted by atomic mass is 9.72. The molecule has 0 bridgehead atoms. The zero-order valence-corrected chi connectivity index (χ0v) is 16.1. The Labute approximate surface area is 158 Å². The first-order valence-corrected chi connectivity index (χ1v) is 10.7. The number of aryl methyl sites for hydroxylation is 1. The van der Waals surface area contributed by atoms with Gasteiger partial charge >= 0.3 is 0 Å². The average molecular weight is 377 g/mol. The average Bonchev–Trinajstić information content (AvgIpc) is 3.36. The molecule has 2 amide bonds. The number of nitrogens with two attached hydrogens (primary N) is 1. The Morgan fingerprint density at radius 1 is 1.31 bits per heavy atom. The van der Waals surface area contributed by atoms with Gasteiger partial charge in [-0.3, -0.25) is 9.59 Å². The molecule has 4 rings (SSSR count). The zero-order chi connectivity index (χ0) is 18.1. The molecule has 1 aromatic heterocycles. The first-order valence-electron chi connectivity index (χ1n) is 9.78. The molecule has 2 N–H and O–H groups in total. The Morgan fingerprint density at radius 2 is 2.08 bits per heavy atom. The Morgan fingerprint density at radius 3 is 2.73 bits per heavy atom. The highest BCUT2D eigenvalue weighted by Crippen LogP contribution is 2.41. The van der Waals surface area contributed by atoms with E-state index in [0.717, 1.165) is 57.1 Å². The van der Waals surface area contributed by atoms with Crippen LogP contribution in [0.4, 0.5) is 5.13 Å². The van der Waals surface area contributed by atoms with E-state index in [1.165, 1.54) is 24.2 Å². The van der Waals surface area contributed by atoms with Crippen LogP contribution in [0.5, 0.6) is 0 Å². The van der Waals surface area contributed by atoms with Gasteiger partial charge in [0.1, 0.15) is 0 Å². The highest BCUT2D eigenvalue weighted by atomic mass is 32.1. The lowest BCUT2D eigenvalue weighted by Gasteiger charge is -2.47. The van der Waals surface area contributed by atoms with E-state index in [1.807, 2.05) is 10.3 Å². The molecular formula is C19H28N4O2S. The molecule has 1 aromatic rings. The summed E-state index contributed by atoms with van der Waals surface area (Å²) in [6.45, 7) is 3.51. The van der Waals surface area contributed by atoms with Gasteiger partial charge in [0.25, 0.3) is 0 Å². The second-order valence-corrected chi connectivity index (χ2v) is 9.17. The number of anilines is 1. The van der Waals surface area contributed by atoms with Gasteiger partial charge < -0.3 is 15.5 Å². The van der Waals surface area contributed by atoms with E-state index >= 15 is 0 Å². The summed E-state index contributed by atoms with van der Waals surface area (Å²) in [6, 6.07) is 0. The van der Waals surface area contributed by atoms with E-state index in [0.29, 0.717) is 30.3 Å². The number of likely N-dealkylation sites (tertiary alicyclic amines) is 2. The van der Waals surface area contributed by atoms with Crippen molar-refractivity contribution in [1.29, 1.82) is 0 Å². The van der Waals surface area contributed by atoms with Gasteiger partial charge in [-0.1, -0.05) is 0 Å². The third-order valence-electron chi connectivity index (χ3n) is 6.27. The summed E-state index contributed by atoms with van der Waals surface area (Å²) in [6.07, 6.45) is 7.46. The van der Waals surface area contributed by atoms with Gasteiger partial charge in [0.05, 0.1) is 5.69 Å². The van der Waals surface area contributed by atoms with Crippen LogP contribution in [0.2, 0.25) is 0 Å². The number of thiazole rings is 1. The number of nitrogen functional groups attached to an aromatic ring is 1. The number of hydrogen-bond donors (Lipinski definition) is 1. The van der Waals surface area contributed by atoms with E-state index < -0.39 is 0 Å². The first kappa shape index (κ1) is 17.8. The maximum atomic E-state index is 12.5. The highest BCUT2D eigenvalue weighted by molar-refractivity contribution is 7.13. The van der Waals surface area contributed by atoms with Crippen molar-refractivity contribution in [2.45, 2.75) is 51.4 Å². The van der Waals surface area contributed by atoms with Crippen LogP contribution in [-0.4, -0.2) is 52.8 Å². The summed E-state index contributed by atoms with van der Waals surface area (Å²) in [7, 11) is 0. The fourth-order valence-corrected chi connectivity index (χ4v) is 4.95. The number of aromatic nitrogens is 1. The van der Waals surface area contributed by atoms with Crippen molar-refractivity contribution in [3.05, 3.63) is 11.1 Å². The maximum absolute atomic E-state index is 12.5. The van der Waals surface area contributed by atoms with E-state index in [9.17, 15) is 9.59 Å². The first-order chi connectivity index (χ1) is 12.5. The minimum atomic E-state index is 0.216. The molecule has 0 unspecified atom stereocenters. The van der Waals surface area contributed by atoms with Crippen LogP contribution in [0.1, 0.15) is 50.6 Å². The molecule has 1 spiro atoms. The molecule has 0 atom stereocenters. The predicted octanol–water partition coefficient (Wildman–Crippen LogP) is 2.30. The SMILES string of the molecule is Nc1nc(CCC(=O)N2CCC3(CCC(=O)N(CC4CC4)C3)CC2)cs1. The van der Waals surface area contributed by atoms with Gasteiger partial charge in [0.2, 0.25) is 11.8 Å². The summed E-state index contributed by atoms with van der Waals surface area (Å²) < 4.78 is 0. The molecule has 6 nitrogen and oxygen atoms in total. The molecule has 3 aliphatic rings. The van der Waals surface area contributed by atoms with Gasteiger partial charge in [0, 0.05) is 44.4 Å². The van der Waals surface area contributed by atoms with E-state index in [2.05, 4.69) is 9.88 Å². The molecule has 2 aliphatic heterocycles. The Balaban J connectivity index is 1.27. The fraction of sp³-hybridized carbons (Fsp3) is 0.737. The van der Waals surface area contributed by atoms with Crippen LogP contribution in [0.25, 0.3) is 0 Å². The molecular weight excluding hydrogens is 348 g/mol. The van der Waals surface area contributed by atoms with Crippen molar-refractivity contribution in [3.63, 3.8) is 0 Å². The van der Waals surface area contributed by atoms with Gasteiger partial charge in [-0.2, -0.15) is 0 Å². The number of hydrogen-bond acceptors (Lipinski definition) is 5. The largest absolute Gasteiger partial charge is 0.375 e. The smallest absolute Gasteiger partial charge is 0.222 e. The lowest BCUT2D eigenvalue weighted by molar-refractivity contribution is -0.142. The molecule has 3 fully saturated rings. The molecule has 2 saturated heterocycles. The third kappa shape index (κ3) is 4.03. The quantitative estimate of drug-likeness (QED) is 0.855. The number of rotatable bonds is 5. The third-order valence-corrected chi connectivity index (χ3v) is 6.99. The predicted molar refractivity (Wildman–Crippen MR) is 102 cm³/mol. The Bertz CT molecular complexity index is 677. The van der Waals surface area contributed by atoms with Crippen LogP contribution in [-0.2, 0) is 16.0 Å². The van der Waals surface area contributed by atoms with E-state index in [4.69, 9.17) is 5.73 Å². The molecule has 26 heavy (non-hydrogen) atoms. The van der Waals surface area contributed by atoms with Crippen molar-refractivity contribution in [1.82, 2.24) is 14.8 Å². The molecule has 1 aliphatic carbocycles. The number of carbonyl (C=O) groups is 2. The lowest BCUT2D eigenvalue weighted by Crippen LogP contribution is -2.52. The van der Waals surface area contributed by atoms with Crippen LogP contribution in [0.15, 0.2) is 5.38 Å². The van der Waals surface area contributed by atoms with Crippen LogP contribution >= 0.6 is 11.3 Å². The summed E-state index contributed by atoms with van der Waals surface area (Å²) >= 11 is 1.42. The number of carbonyl (C=O) groups excluding carboxylic acids is 2. The highest BCUT2D eigenvalue weighted by Gasteiger charge is 2.42. The molecule has 0 aromatic carbocycles. The van der Waals surface area contributed by atoms with Crippen molar-refractivity contribution in [3.8, 4) is 0 Å². The van der Waals surface area contributed by atoms with Crippen LogP contribution in [0.3, 0.4) is 0 Å². The second-order valence-electron chi connectivity index (χ2n) is 8.28. The maximum Gasteiger partial charge on any atom is 0.222 e. The van der Waals surface area contributed by atoms with Crippen molar-refractivity contribution < 1.29 is 9.59 Å². The number of nitrogens with zero attached hydrogens (tertiary/aromatic N) is 3. The van der Waals surface area contributed by atoms with Crippen molar-refractivity contribution in [2.24, 2.45) is 11.3 Å². The normalized spacial score (nSPS) is 22.8.